The first-order valence-corrected chi connectivity index (χ1v) is 8.90. The van der Waals surface area contributed by atoms with Gasteiger partial charge in [-0.25, -0.2) is 5.01 Å². The number of amides is 1. The van der Waals surface area contributed by atoms with Crippen LogP contribution in [0.25, 0.3) is 0 Å². The van der Waals surface area contributed by atoms with E-state index < -0.39 is 0 Å². The molecule has 26 heavy (non-hydrogen) atoms. The van der Waals surface area contributed by atoms with Crippen LogP contribution in [0.4, 0.5) is 5.69 Å². The Balaban J connectivity index is 1.50. The van der Waals surface area contributed by atoms with Crippen LogP contribution >= 0.6 is 11.6 Å². The van der Waals surface area contributed by atoms with Crippen LogP contribution in [0.2, 0.25) is 5.02 Å². The van der Waals surface area contributed by atoms with E-state index in [9.17, 15) is 4.79 Å². The summed E-state index contributed by atoms with van der Waals surface area (Å²) in [6, 6.07) is 17.0. The number of piperidine rings is 1. The van der Waals surface area contributed by atoms with Gasteiger partial charge in [0.1, 0.15) is 0 Å². The number of anilines is 1. The summed E-state index contributed by atoms with van der Waals surface area (Å²) < 4.78 is 0. The summed E-state index contributed by atoms with van der Waals surface area (Å²) in [6.07, 6.45) is 0.764. The maximum atomic E-state index is 12.7. The highest BCUT2D eigenvalue weighted by Crippen LogP contribution is 2.29. The van der Waals surface area contributed by atoms with Gasteiger partial charge in [0.05, 0.1) is 28.9 Å². The van der Waals surface area contributed by atoms with Crippen LogP contribution in [0.5, 0.6) is 0 Å². The van der Waals surface area contributed by atoms with Gasteiger partial charge in [0.25, 0.3) is 5.91 Å². The summed E-state index contributed by atoms with van der Waals surface area (Å²) in [4.78, 5) is 15.0. The zero-order valence-electron chi connectivity index (χ0n) is 14.1. The van der Waals surface area contributed by atoms with Gasteiger partial charge in [-0.05, 0) is 48.4 Å². The lowest BCUT2D eigenvalue weighted by Crippen LogP contribution is -2.41. The predicted molar refractivity (Wildman–Crippen MR) is 101 cm³/mol. The van der Waals surface area contributed by atoms with Crippen molar-refractivity contribution in [2.45, 2.75) is 13.0 Å². The van der Waals surface area contributed by atoms with Crippen molar-refractivity contribution in [1.82, 2.24) is 4.90 Å². The lowest BCUT2D eigenvalue weighted by molar-refractivity contribution is -0.120. The van der Waals surface area contributed by atoms with E-state index in [1.807, 2.05) is 30.3 Å². The van der Waals surface area contributed by atoms with Crippen LogP contribution in [0, 0.1) is 17.2 Å². The Morgan fingerprint density at radius 2 is 2.04 bits per heavy atom. The molecule has 0 N–H and O–H groups in total. The minimum Gasteiger partial charge on any atom is -0.293 e. The van der Waals surface area contributed by atoms with Crippen LogP contribution in [0.3, 0.4) is 0 Å². The number of carbonyl (C=O) groups excluding carboxylic acids is 1. The van der Waals surface area contributed by atoms with E-state index >= 15 is 0 Å². The molecule has 2 aromatic rings. The Bertz CT molecular complexity index is 916. The van der Waals surface area contributed by atoms with Crippen molar-refractivity contribution in [3.8, 4) is 6.07 Å². The summed E-state index contributed by atoms with van der Waals surface area (Å²) in [5, 5.41) is 15.8. The Morgan fingerprint density at radius 1 is 1.23 bits per heavy atom. The molecule has 0 bridgehead atoms. The molecule has 4 rings (SSSR count). The van der Waals surface area contributed by atoms with E-state index in [1.54, 1.807) is 18.2 Å². The van der Waals surface area contributed by atoms with Crippen LogP contribution in [0.1, 0.15) is 17.5 Å². The molecule has 1 atom stereocenters. The standard InChI is InChI=1S/C20H17ClN4O/c21-16-4-6-17(7-5-16)25-20(26)18-8-9-24(13-19(18)23-25)12-15-3-1-2-14(10-15)11-22/h1-7,10,18H,8-9,12-13H2. The average molecular weight is 365 g/mol. The van der Waals surface area contributed by atoms with Crippen molar-refractivity contribution in [2.75, 3.05) is 18.1 Å². The number of nitrogens with zero attached hydrogens (tertiary/aromatic N) is 4. The number of hydrazone groups is 1. The van der Waals surface area contributed by atoms with E-state index in [-0.39, 0.29) is 11.8 Å². The molecule has 2 heterocycles. The van der Waals surface area contributed by atoms with Crippen molar-refractivity contribution in [2.24, 2.45) is 11.0 Å². The van der Waals surface area contributed by atoms with E-state index in [4.69, 9.17) is 16.9 Å². The molecule has 0 aromatic heterocycles. The second kappa shape index (κ2) is 6.91. The van der Waals surface area contributed by atoms with Gasteiger partial charge < -0.3 is 0 Å². The fraction of sp³-hybridized carbons (Fsp3) is 0.250. The number of hydrogen-bond acceptors (Lipinski definition) is 4. The second-order valence-corrected chi connectivity index (χ2v) is 7.02. The Labute approximate surface area is 157 Å². The fourth-order valence-corrected chi connectivity index (χ4v) is 3.61. The van der Waals surface area contributed by atoms with Gasteiger partial charge in [-0.15, -0.1) is 0 Å². The molecule has 1 fully saturated rings. The van der Waals surface area contributed by atoms with Gasteiger partial charge >= 0.3 is 0 Å². The van der Waals surface area contributed by atoms with Gasteiger partial charge in [-0.2, -0.15) is 10.4 Å². The summed E-state index contributed by atoms with van der Waals surface area (Å²) in [5.41, 5.74) is 3.42. The van der Waals surface area contributed by atoms with Crippen molar-refractivity contribution in [3.63, 3.8) is 0 Å². The first kappa shape index (κ1) is 16.8. The molecular formula is C20H17ClN4O. The third kappa shape index (κ3) is 3.22. The number of hydrogen-bond donors (Lipinski definition) is 0. The minimum absolute atomic E-state index is 0.0356. The molecule has 6 heteroatoms. The predicted octanol–water partition coefficient (Wildman–Crippen LogP) is 3.44. The second-order valence-electron chi connectivity index (χ2n) is 6.58. The number of fused-ring (bicyclic) bond motifs is 1. The maximum absolute atomic E-state index is 12.7. The lowest BCUT2D eigenvalue weighted by Gasteiger charge is -2.29. The molecule has 1 amide bonds. The zero-order valence-corrected chi connectivity index (χ0v) is 14.9. The molecule has 2 aromatic carbocycles. The Kier molecular flexibility index (Phi) is 4.46. The third-order valence-electron chi connectivity index (χ3n) is 4.79. The first-order valence-electron chi connectivity index (χ1n) is 8.52. The van der Waals surface area contributed by atoms with Crippen molar-refractivity contribution in [1.29, 1.82) is 5.26 Å². The molecule has 0 spiro atoms. The quantitative estimate of drug-likeness (QED) is 0.838. The number of nitriles is 1. The molecule has 0 aliphatic carbocycles. The van der Waals surface area contributed by atoms with Crippen LogP contribution in [-0.2, 0) is 11.3 Å². The molecule has 0 saturated carbocycles. The van der Waals surface area contributed by atoms with Crippen molar-refractivity contribution < 1.29 is 4.79 Å². The average Bonchev–Trinajstić information content (AvgIpc) is 2.98. The number of benzene rings is 2. The maximum Gasteiger partial charge on any atom is 0.256 e. The molecule has 2 aliphatic rings. The third-order valence-corrected chi connectivity index (χ3v) is 5.04. The summed E-state index contributed by atoms with van der Waals surface area (Å²) in [6.45, 7) is 2.24. The molecule has 0 radical (unpaired) electrons. The van der Waals surface area contributed by atoms with Crippen molar-refractivity contribution >= 4 is 28.9 Å². The fourth-order valence-electron chi connectivity index (χ4n) is 3.49. The number of rotatable bonds is 3. The van der Waals surface area contributed by atoms with Crippen LogP contribution in [0.15, 0.2) is 53.6 Å². The number of carbonyl (C=O) groups is 1. The number of halogens is 1. The highest BCUT2D eigenvalue weighted by atomic mass is 35.5. The topological polar surface area (TPSA) is 59.7 Å². The Hall–Kier alpha value is -2.68. The smallest absolute Gasteiger partial charge is 0.256 e. The SMILES string of the molecule is N#Cc1cccc(CN2CCC3C(=O)N(c4ccc(Cl)cc4)N=C3C2)c1. The van der Waals surface area contributed by atoms with E-state index in [0.29, 0.717) is 17.1 Å². The van der Waals surface area contributed by atoms with Gasteiger partial charge in [-0.1, -0.05) is 23.7 Å². The minimum atomic E-state index is -0.132. The summed E-state index contributed by atoms with van der Waals surface area (Å²) in [5.74, 6) is -0.0965. The molecule has 1 saturated heterocycles. The zero-order chi connectivity index (χ0) is 18.1. The van der Waals surface area contributed by atoms with Gasteiger partial charge in [-0.3, -0.25) is 9.69 Å². The largest absolute Gasteiger partial charge is 0.293 e. The van der Waals surface area contributed by atoms with Crippen LogP contribution in [-0.4, -0.2) is 29.6 Å². The molecule has 130 valence electrons. The number of likely N-dealkylation sites (tertiary alicyclic amines) is 1. The lowest BCUT2D eigenvalue weighted by atomic mass is 9.94. The van der Waals surface area contributed by atoms with Gasteiger partial charge in [0, 0.05) is 24.7 Å². The van der Waals surface area contributed by atoms with E-state index in [1.165, 1.54) is 5.01 Å². The Morgan fingerprint density at radius 3 is 2.81 bits per heavy atom. The van der Waals surface area contributed by atoms with Crippen molar-refractivity contribution in [3.05, 3.63) is 64.7 Å². The monoisotopic (exact) mass is 364 g/mol. The molecular weight excluding hydrogens is 348 g/mol. The molecule has 1 unspecified atom stereocenters. The van der Waals surface area contributed by atoms with Gasteiger partial charge in [0.2, 0.25) is 0 Å². The molecule has 5 nitrogen and oxygen atoms in total. The first-order chi connectivity index (χ1) is 12.6. The van der Waals surface area contributed by atoms with E-state index in [2.05, 4.69) is 16.1 Å². The summed E-state index contributed by atoms with van der Waals surface area (Å²) in [7, 11) is 0. The highest BCUT2D eigenvalue weighted by molar-refractivity contribution is 6.30. The van der Waals surface area contributed by atoms with Crippen LogP contribution < -0.4 is 5.01 Å². The van der Waals surface area contributed by atoms with E-state index in [0.717, 1.165) is 36.5 Å². The highest BCUT2D eigenvalue weighted by Gasteiger charge is 2.39. The normalized spacial score (nSPS) is 19.8. The van der Waals surface area contributed by atoms with Gasteiger partial charge in [0.15, 0.2) is 0 Å². The summed E-state index contributed by atoms with van der Waals surface area (Å²) >= 11 is 5.93. The molecule has 2 aliphatic heterocycles.